The van der Waals surface area contributed by atoms with E-state index in [0.29, 0.717) is 6.42 Å². The Labute approximate surface area is 290 Å². The van der Waals surface area contributed by atoms with E-state index in [-0.39, 0.29) is 77.4 Å². The molecule has 0 aliphatic heterocycles. The maximum Gasteiger partial charge on any atom is 0.131 e. The van der Waals surface area contributed by atoms with Crippen molar-refractivity contribution in [3.63, 3.8) is 0 Å². The van der Waals surface area contributed by atoms with E-state index in [0.717, 1.165) is 43.2 Å². The fourth-order valence-electron chi connectivity index (χ4n) is 3.94. The summed E-state index contributed by atoms with van der Waals surface area (Å²) in [5.74, 6) is 0.226. The average Bonchev–Trinajstić information content (AvgIpc) is 2.94. The second-order valence-electron chi connectivity index (χ2n) is 8.09. The van der Waals surface area contributed by atoms with Crippen molar-refractivity contribution in [1.82, 2.24) is 30.4 Å². The summed E-state index contributed by atoms with van der Waals surface area (Å²) in [5, 5.41) is 20.8. The van der Waals surface area contributed by atoms with Crippen LogP contribution in [-0.4, -0.2) is 30.4 Å². The Morgan fingerprint density at radius 3 is 1.46 bits per heavy atom. The van der Waals surface area contributed by atoms with E-state index in [2.05, 4.69) is 65.1 Å². The number of nitrogens with one attached hydrogen (secondary N) is 1. The fourth-order valence-corrected chi connectivity index (χ4v) is 4.51. The van der Waals surface area contributed by atoms with Crippen LogP contribution < -0.4 is 0 Å². The van der Waals surface area contributed by atoms with Crippen LogP contribution in [-0.2, 0) is 78.3 Å². The Morgan fingerprint density at radius 2 is 0.949 bits per heavy atom. The third kappa shape index (κ3) is 8.55. The summed E-state index contributed by atoms with van der Waals surface area (Å²) in [7, 11) is 0. The van der Waals surface area contributed by atoms with Crippen molar-refractivity contribution in [3.8, 4) is 0 Å². The molecule has 0 fully saturated rings. The van der Waals surface area contributed by atoms with Gasteiger partial charge in [0.05, 0.1) is 11.4 Å². The van der Waals surface area contributed by atoms with Crippen LogP contribution in [0.2, 0.25) is 0 Å². The van der Waals surface area contributed by atoms with Gasteiger partial charge in [-0.1, -0.05) is 48.5 Å². The van der Waals surface area contributed by atoms with Gasteiger partial charge in [-0.05, 0) is 69.2 Å². The third-order valence-corrected chi connectivity index (χ3v) is 6.52. The molecule has 4 heterocycles. The molecule has 190 valence electrons. The monoisotopic (exact) mass is 776 g/mol. The number of hydrogen-bond donors (Lipinski definition) is 0. The van der Waals surface area contributed by atoms with Gasteiger partial charge in [-0.3, -0.25) is 15.1 Å². The number of halogens is 1. The summed E-state index contributed by atoms with van der Waals surface area (Å²) in [6, 6.07) is 24.0. The summed E-state index contributed by atoms with van der Waals surface area (Å²) >= 11 is 2.22. The van der Waals surface area contributed by atoms with E-state index in [1.165, 1.54) is 10.9 Å². The van der Waals surface area contributed by atoms with Crippen molar-refractivity contribution in [1.29, 1.82) is 0 Å². The smallest absolute Gasteiger partial charge is 0.131 e. The van der Waals surface area contributed by atoms with E-state index >= 15 is 0 Å². The first-order valence-electron chi connectivity index (χ1n) is 11.3. The molecule has 0 amide bonds. The Balaban J connectivity index is 0.000000254. The van der Waals surface area contributed by atoms with Crippen molar-refractivity contribution < 1.29 is 65.4 Å². The number of hydrogen-bond acceptors (Lipinski definition) is 6. The number of nitrogens with zero attached hydrogens (tertiary/aromatic N) is 6. The van der Waals surface area contributed by atoms with Crippen LogP contribution in [0.25, 0.3) is 33.4 Å². The van der Waals surface area contributed by atoms with Gasteiger partial charge in [-0.2, -0.15) is 5.10 Å². The van der Waals surface area contributed by atoms with E-state index in [1.807, 2.05) is 60.7 Å². The molecule has 39 heavy (non-hydrogen) atoms. The zero-order valence-corrected chi connectivity index (χ0v) is 28.8. The first-order valence-corrected chi connectivity index (χ1v) is 12.4. The molecule has 2 radical (unpaired) electrons. The SMILES string of the molecule is Ic1nnc(Cc2ccncc2)c2ccccc12.[NH-]c1nnc(Cc2ccncc2)c2ccccc12.[NH2-].[Y].[Y]. The van der Waals surface area contributed by atoms with Crippen molar-refractivity contribution >= 4 is 50.0 Å². The molecule has 3 N–H and O–H groups in total. The van der Waals surface area contributed by atoms with Crippen LogP contribution in [0.5, 0.6) is 0 Å². The van der Waals surface area contributed by atoms with Gasteiger partial charge in [-0.15, -0.1) is 5.10 Å². The number of rotatable bonds is 4. The summed E-state index contributed by atoms with van der Waals surface area (Å²) in [6.07, 6.45) is 8.63. The predicted octanol–water partition coefficient (Wildman–Crippen LogP) is 7.23. The van der Waals surface area contributed by atoms with Gasteiger partial charge in [0.2, 0.25) is 0 Å². The van der Waals surface area contributed by atoms with Gasteiger partial charge >= 0.3 is 0 Å². The molecular weight excluding hydrogens is 753 g/mol. The third-order valence-electron chi connectivity index (χ3n) is 5.72. The Bertz CT molecular complexity index is 1500. The standard InChI is InChI=1S/C14H10IN3.C14H11N4.H2N.2Y/c2*15-14-12-4-2-1-3-11(12)13(17-18-14)9-10-5-7-16-8-6-10;;;/h1-8H,9H2;1-8H,9H2,(H-,15,18);1H2;;/q;2*-1;;. The largest absolute Gasteiger partial charge is 0.693 e. The number of fused-ring (bicyclic) bond motifs is 2. The van der Waals surface area contributed by atoms with Crippen LogP contribution in [0.15, 0.2) is 97.6 Å². The molecule has 8 nitrogen and oxygen atoms in total. The van der Waals surface area contributed by atoms with Gasteiger partial charge in [0, 0.05) is 119 Å². The number of nitrogens with two attached hydrogens (primary N) is 1. The van der Waals surface area contributed by atoms with Crippen LogP contribution in [0.4, 0.5) is 5.82 Å². The Kier molecular flexibility index (Phi) is 14.0. The molecular formula is C28H23IN8Y2-2. The molecule has 0 saturated heterocycles. The topological polar surface area (TPSA) is 135 Å². The molecule has 4 aromatic heterocycles. The molecule has 6 aromatic rings. The maximum absolute atomic E-state index is 7.76. The Hall–Kier alpha value is -1.88. The second-order valence-corrected chi connectivity index (χ2v) is 9.11. The maximum atomic E-state index is 7.76. The zero-order valence-electron chi connectivity index (χ0n) is 20.9. The van der Waals surface area contributed by atoms with E-state index < -0.39 is 0 Å². The minimum absolute atomic E-state index is 0. The predicted molar refractivity (Wildman–Crippen MR) is 155 cm³/mol. The van der Waals surface area contributed by atoms with E-state index in [4.69, 9.17) is 5.73 Å². The molecule has 0 saturated carbocycles. The summed E-state index contributed by atoms with van der Waals surface area (Å²) in [4.78, 5) is 8.02. The van der Waals surface area contributed by atoms with Crippen LogP contribution in [0.1, 0.15) is 22.5 Å². The van der Waals surface area contributed by atoms with Crippen molar-refractivity contribution in [2.45, 2.75) is 12.8 Å². The van der Waals surface area contributed by atoms with E-state index in [9.17, 15) is 0 Å². The molecule has 0 aliphatic carbocycles. The van der Waals surface area contributed by atoms with Gasteiger partial charge in [-0.25, -0.2) is 0 Å². The van der Waals surface area contributed by atoms with Gasteiger partial charge < -0.3 is 17.0 Å². The molecule has 6 rings (SSSR count). The number of aromatic nitrogens is 6. The van der Waals surface area contributed by atoms with Crippen molar-refractivity contribution in [2.24, 2.45) is 0 Å². The molecule has 0 bridgehead atoms. The average molecular weight is 776 g/mol. The van der Waals surface area contributed by atoms with Gasteiger partial charge in [0.25, 0.3) is 0 Å². The van der Waals surface area contributed by atoms with Crippen LogP contribution in [0.3, 0.4) is 0 Å². The van der Waals surface area contributed by atoms with E-state index in [1.54, 1.807) is 24.8 Å². The normalized spacial score (nSPS) is 9.87. The minimum Gasteiger partial charge on any atom is -0.693 e. The van der Waals surface area contributed by atoms with Gasteiger partial charge in [0.1, 0.15) is 3.70 Å². The summed E-state index contributed by atoms with van der Waals surface area (Å²) in [6.45, 7) is 0. The number of pyridine rings is 2. The molecule has 0 atom stereocenters. The molecule has 0 unspecified atom stereocenters. The summed E-state index contributed by atoms with van der Waals surface area (Å²) in [5.41, 5.74) is 12.0. The molecule has 11 heteroatoms. The van der Waals surface area contributed by atoms with Crippen molar-refractivity contribution in [2.75, 3.05) is 0 Å². The van der Waals surface area contributed by atoms with Crippen LogP contribution in [0, 0.1) is 3.70 Å². The summed E-state index contributed by atoms with van der Waals surface area (Å²) < 4.78 is 0.946. The van der Waals surface area contributed by atoms with Crippen LogP contribution >= 0.6 is 22.6 Å². The van der Waals surface area contributed by atoms with Gasteiger partial charge in [0.15, 0.2) is 0 Å². The molecule has 2 aromatic carbocycles. The zero-order chi connectivity index (χ0) is 24.7. The second kappa shape index (κ2) is 16.4. The number of benzene rings is 2. The molecule has 0 spiro atoms. The van der Waals surface area contributed by atoms with Crippen molar-refractivity contribution in [3.05, 3.63) is 136 Å². The fraction of sp³-hybridized carbons (Fsp3) is 0.0714. The first-order chi connectivity index (χ1) is 17.7. The Morgan fingerprint density at radius 1 is 0.538 bits per heavy atom. The minimum atomic E-state index is 0. The first kappa shape index (κ1) is 33.3. The molecule has 0 aliphatic rings. The quantitative estimate of drug-likeness (QED) is 0.174.